The highest BCUT2D eigenvalue weighted by Gasteiger charge is 2.45. The maximum atomic E-state index is 12.7. The first-order valence-electron chi connectivity index (χ1n) is 6.51. The fraction of sp³-hybridized carbons (Fsp3) is 0.500. The summed E-state index contributed by atoms with van der Waals surface area (Å²) >= 11 is 5.15. The minimum atomic E-state index is -0.614. The minimum Gasteiger partial charge on any atom is -0.392 e. The second kappa shape index (κ2) is 5.65. The molecule has 0 spiro atoms. The van der Waals surface area contributed by atoms with Crippen LogP contribution in [0.4, 0.5) is 0 Å². The zero-order chi connectivity index (χ0) is 13.9. The topological polar surface area (TPSA) is 59.2 Å². The van der Waals surface area contributed by atoms with Crippen LogP contribution in [0.1, 0.15) is 31.2 Å². The summed E-state index contributed by atoms with van der Waals surface area (Å²) in [5.41, 5.74) is 6.28. The molecule has 1 aliphatic carbocycles. The van der Waals surface area contributed by atoms with Crippen molar-refractivity contribution >= 4 is 23.1 Å². The van der Waals surface area contributed by atoms with Crippen LogP contribution in [0.25, 0.3) is 0 Å². The van der Waals surface area contributed by atoms with Crippen LogP contribution in [-0.4, -0.2) is 27.8 Å². The lowest BCUT2D eigenvalue weighted by atomic mass is 9.84. The van der Waals surface area contributed by atoms with Crippen molar-refractivity contribution in [2.45, 2.75) is 32.2 Å². The molecule has 2 rings (SSSR count). The summed E-state index contributed by atoms with van der Waals surface area (Å²) in [4.78, 5) is 18.7. The van der Waals surface area contributed by atoms with E-state index < -0.39 is 5.41 Å². The third-order valence-electron chi connectivity index (χ3n) is 3.85. The van der Waals surface area contributed by atoms with E-state index in [9.17, 15) is 4.79 Å². The van der Waals surface area contributed by atoms with E-state index in [1.807, 2.05) is 12.1 Å². The number of aromatic nitrogens is 1. The van der Waals surface area contributed by atoms with Crippen LogP contribution in [-0.2, 0) is 11.3 Å². The zero-order valence-electron chi connectivity index (χ0n) is 11.1. The van der Waals surface area contributed by atoms with Crippen molar-refractivity contribution in [1.82, 2.24) is 9.88 Å². The molecular weight excluding hydrogens is 258 g/mol. The van der Waals surface area contributed by atoms with Crippen LogP contribution in [0.3, 0.4) is 0 Å². The number of hydrogen-bond donors (Lipinski definition) is 1. The van der Waals surface area contributed by atoms with Gasteiger partial charge in [0.05, 0.1) is 10.4 Å². The summed E-state index contributed by atoms with van der Waals surface area (Å²) in [6, 6.07) is 3.82. The van der Waals surface area contributed by atoms with Crippen molar-refractivity contribution in [1.29, 1.82) is 0 Å². The predicted octanol–water partition coefficient (Wildman–Crippen LogP) is 1.89. The minimum absolute atomic E-state index is 0.0503. The van der Waals surface area contributed by atoms with E-state index in [-0.39, 0.29) is 5.91 Å². The van der Waals surface area contributed by atoms with E-state index in [0.29, 0.717) is 11.5 Å². The smallest absolute Gasteiger partial charge is 0.235 e. The molecule has 0 atom stereocenters. The number of rotatable bonds is 4. The Labute approximate surface area is 119 Å². The first-order valence-corrected chi connectivity index (χ1v) is 6.91. The van der Waals surface area contributed by atoms with Gasteiger partial charge in [-0.1, -0.05) is 25.1 Å². The van der Waals surface area contributed by atoms with Crippen molar-refractivity contribution in [2.75, 3.05) is 7.05 Å². The molecule has 1 fully saturated rings. The van der Waals surface area contributed by atoms with Gasteiger partial charge >= 0.3 is 0 Å². The van der Waals surface area contributed by atoms with Crippen molar-refractivity contribution in [3.05, 3.63) is 30.1 Å². The molecule has 0 aromatic carbocycles. The van der Waals surface area contributed by atoms with Gasteiger partial charge in [0.2, 0.25) is 5.91 Å². The van der Waals surface area contributed by atoms with Gasteiger partial charge in [-0.25, -0.2) is 0 Å². The van der Waals surface area contributed by atoms with Crippen molar-refractivity contribution in [3.8, 4) is 0 Å². The highest BCUT2D eigenvalue weighted by atomic mass is 32.1. The van der Waals surface area contributed by atoms with Crippen molar-refractivity contribution in [2.24, 2.45) is 11.1 Å². The summed E-state index contributed by atoms with van der Waals surface area (Å²) < 4.78 is 0. The Morgan fingerprint density at radius 1 is 1.42 bits per heavy atom. The largest absolute Gasteiger partial charge is 0.392 e. The monoisotopic (exact) mass is 277 g/mol. The number of carbonyl (C=O) groups excluding carboxylic acids is 1. The average molecular weight is 277 g/mol. The predicted molar refractivity (Wildman–Crippen MR) is 78.4 cm³/mol. The van der Waals surface area contributed by atoms with Crippen LogP contribution in [0.15, 0.2) is 24.5 Å². The van der Waals surface area contributed by atoms with Crippen LogP contribution in [0, 0.1) is 5.41 Å². The van der Waals surface area contributed by atoms with E-state index in [1.165, 1.54) is 0 Å². The molecule has 1 aromatic heterocycles. The first kappa shape index (κ1) is 13.9. The van der Waals surface area contributed by atoms with E-state index >= 15 is 0 Å². The molecule has 0 bridgehead atoms. The normalized spacial score (nSPS) is 17.1. The summed E-state index contributed by atoms with van der Waals surface area (Å²) in [6.07, 6.45) is 7.06. The van der Waals surface area contributed by atoms with Crippen molar-refractivity contribution < 1.29 is 4.79 Å². The molecule has 2 N–H and O–H groups in total. The molecule has 0 saturated heterocycles. The van der Waals surface area contributed by atoms with Crippen LogP contribution >= 0.6 is 12.2 Å². The Balaban J connectivity index is 2.12. The van der Waals surface area contributed by atoms with Gasteiger partial charge in [-0.2, -0.15) is 0 Å². The maximum Gasteiger partial charge on any atom is 0.235 e. The molecule has 4 nitrogen and oxygen atoms in total. The molecule has 1 amide bonds. The molecule has 19 heavy (non-hydrogen) atoms. The van der Waals surface area contributed by atoms with Crippen LogP contribution in [0.5, 0.6) is 0 Å². The number of amides is 1. The maximum absolute atomic E-state index is 12.7. The summed E-state index contributed by atoms with van der Waals surface area (Å²) in [7, 11) is 1.81. The molecule has 0 radical (unpaired) electrons. The number of carbonyl (C=O) groups is 1. The standard InChI is InChI=1S/C14H19N3OS/c1-17(10-11-4-8-16-9-5-11)13(18)14(12(15)19)6-2-3-7-14/h4-5,8-9H,2-3,6-7,10H2,1H3,(H2,15,19). The quantitative estimate of drug-likeness (QED) is 0.854. The Morgan fingerprint density at radius 2 is 2.00 bits per heavy atom. The van der Waals surface area contributed by atoms with E-state index in [2.05, 4.69) is 4.98 Å². The molecule has 1 saturated carbocycles. The summed E-state index contributed by atoms with van der Waals surface area (Å²) in [5, 5.41) is 0. The Bertz CT molecular complexity index is 469. The fourth-order valence-electron chi connectivity index (χ4n) is 2.74. The number of pyridine rings is 1. The molecule has 102 valence electrons. The van der Waals surface area contributed by atoms with Gasteiger partial charge in [0, 0.05) is 26.0 Å². The lowest BCUT2D eigenvalue weighted by Gasteiger charge is -2.31. The lowest BCUT2D eigenvalue weighted by Crippen LogP contribution is -2.47. The highest BCUT2D eigenvalue weighted by Crippen LogP contribution is 2.40. The molecule has 1 aliphatic rings. The van der Waals surface area contributed by atoms with E-state index in [4.69, 9.17) is 18.0 Å². The van der Waals surface area contributed by atoms with Gasteiger partial charge in [-0.15, -0.1) is 0 Å². The Kier molecular flexibility index (Phi) is 4.14. The number of nitrogens with zero attached hydrogens (tertiary/aromatic N) is 2. The average Bonchev–Trinajstić information content (AvgIpc) is 2.89. The highest BCUT2D eigenvalue weighted by molar-refractivity contribution is 7.80. The second-order valence-corrected chi connectivity index (χ2v) is 5.61. The van der Waals surface area contributed by atoms with Gasteiger partial charge in [0.25, 0.3) is 0 Å². The van der Waals surface area contributed by atoms with Crippen molar-refractivity contribution in [3.63, 3.8) is 0 Å². The van der Waals surface area contributed by atoms with Gasteiger partial charge in [-0.3, -0.25) is 9.78 Å². The molecule has 0 unspecified atom stereocenters. The lowest BCUT2D eigenvalue weighted by molar-refractivity contribution is -0.137. The van der Waals surface area contributed by atoms with Gasteiger partial charge < -0.3 is 10.6 Å². The van der Waals surface area contributed by atoms with E-state index in [1.54, 1.807) is 24.3 Å². The van der Waals surface area contributed by atoms with Crippen LogP contribution < -0.4 is 5.73 Å². The fourth-order valence-corrected chi connectivity index (χ4v) is 3.03. The summed E-state index contributed by atoms with van der Waals surface area (Å²) in [6.45, 7) is 0.561. The first-order chi connectivity index (χ1) is 9.06. The van der Waals surface area contributed by atoms with Gasteiger partial charge in [-0.05, 0) is 30.5 Å². The third kappa shape index (κ3) is 2.76. The van der Waals surface area contributed by atoms with E-state index in [0.717, 1.165) is 31.2 Å². The Morgan fingerprint density at radius 3 is 2.53 bits per heavy atom. The number of nitrogens with two attached hydrogens (primary N) is 1. The number of thiocarbonyl (C=S) groups is 1. The molecule has 1 heterocycles. The Hall–Kier alpha value is -1.49. The second-order valence-electron chi connectivity index (χ2n) is 5.17. The molecule has 5 heteroatoms. The summed E-state index contributed by atoms with van der Waals surface area (Å²) in [5.74, 6) is 0.0503. The SMILES string of the molecule is CN(Cc1ccncc1)C(=O)C1(C(N)=S)CCCC1. The zero-order valence-corrected chi connectivity index (χ0v) is 11.9. The third-order valence-corrected chi connectivity index (χ3v) is 4.24. The molecule has 1 aromatic rings. The molecular formula is C14H19N3OS. The number of hydrogen-bond acceptors (Lipinski definition) is 3. The van der Waals surface area contributed by atoms with Gasteiger partial charge in [0.15, 0.2) is 0 Å². The van der Waals surface area contributed by atoms with Crippen LogP contribution in [0.2, 0.25) is 0 Å². The van der Waals surface area contributed by atoms with Gasteiger partial charge in [0.1, 0.15) is 0 Å². The molecule has 0 aliphatic heterocycles.